The summed E-state index contributed by atoms with van der Waals surface area (Å²) in [5, 5.41) is 14.2. The number of carbonyl (C=O) groups is 1. The Bertz CT molecular complexity index is 1010. The first-order chi connectivity index (χ1) is 13.9. The Morgan fingerprint density at radius 3 is 2.21 bits per heavy atom. The van der Waals surface area contributed by atoms with Crippen molar-refractivity contribution in [3.8, 4) is 11.5 Å². The Labute approximate surface area is 170 Å². The molecule has 0 atom stereocenters. The number of amides is 1. The van der Waals surface area contributed by atoms with Crippen LogP contribution < -0.4 is 20.1 Å². The van der Waals surface area contributed by atoms with Crippen LogP contribution in [0.3, 0.4) is 0 Å². The molecule has 0 radical (unpaired) electrons. The summed E-state index contributed by atoms with van der Waals surface area (Å²) >= 11 is 0. The number of hydrogen-bond acceptors (Lipinski definition) is 6. The summed E-state index contributed by atoms with van der Waals surface area (Å²) in [4.78, 5) is 12.5. The first-order valence-electron chi connectivity index (χ1n) is 9.13. The van der Waals surface area contributed by atoms with Gasteiger partial charge in [-0.2, -0.15) is 0 Å². The largest absolute Gasteiger partial charge is 0.497 e. The highest BCUT2D eigenvalue weighted by Crippen LogP contribution is 2.29. The van der Waals surface area contributed by atoms with Gasteiger partial charge in [-0.1, -0.05) is 17.7 Å². The Morgan fingerprint density at radius 1 is 0.897 bits per heavy atom. The highest BCUT2D eigenvalue weighted by atomic mass is 16.5. The van der Waals surface area contributed by atoms with E-state index < -0.39 is 0 Å². The molecule has 0 fully saturated rings. The van der Waals surface area contributed by atoms with Crippen LogP contribution in [0.4, 0.5) is 17.2 Å². The van der Waals surface area contributed by atoms with E-state index in [1.807, 2.05) is 13.8 Å². The van der Waals surface area contributed by atoms with Crippen molar-refractivity contribution in [1.82, 2.24) is 10.2 Å². The molecule has 0 aliphatic heterocycles. The molecule has 7 heteroatoms. The molecular weight excluding hydrogens is 368 g/mol. The summed E-state index contributed by atoms with van der Waals surface area (Å²) in [7, 11) is 3.09. The summed E-state index contributed by atoms with van der Waals surface area (Å²) in [6.45, 7) is 6.15. The van der Waals surface area contributed by atoms with E-state index >= 15 is 0 Å². The van der Waals surface area contributed by atoms with Crippen molar-refractivity contribution in [3.05, 3.63) is 64.8 Å². The molecule has 3 aromatic rings. The number of methoxy groups -OCH3 is 2. The molecule has 1 aromatic heterocycles. The van der Waals surface area contributed by atoms with E-state index in [4.69, 9.17) is 9.47 Å². The van der Waals surface area contributed by atoms with Crippen molar-refractivity contribution in [2.24, 2.45) is 0 Å². The van der Waals surface area contributed by atoms with Crippen LogP contribution in [0.2, 0.25) is 0 Å². The lowest BCUT2D eigenvalue weighted by molar-refractivity contribution is 0.102. The molecular formula is C22H24N4O3. The van der Waals surface area contributed by atoms with E-state index in [0.717, 1.165) is 16.8 Å². The molecule has 0 aliphatic rings. The molecule has 0 saturated heterocycles. The fourth-order valence-electron chi connectivity index (χ4n) is 3.11. The number of aryl methyl sites for hydroxylation is 3. The number of nitrogens with zero attached hydrogens (tertiary/aromatic N) is 2. The number of rotatable bonds is 6. The third-order valence-corrected chi connectivity index (χ3v) is 4.48. The molecule has 1 amide bonds. The zero-order valence-electron chi connectivity index (χ0n) is 17.2. The highest BCUT2D eigenvalue weighted by Gasteiger charge is 2.13. The number of nitrogens with one attached hydrogen (secondary N) is 2. The van der Waals surface area contributed by atoms with Gasteiger partial charge in [0.05, 0.1) is 19.9 Å². The van der Waals surface area contributed by atoms with Gasteiger partial charge >= 0.3 is 0 Å². The van der Waals surface area contributed by atoms with E-state index in [9.17, 15) is 4.79 Å². The molecule has 7 nitrogen and oxygen atoms in total. The minimum atomic E-state index is -0.379. The lowest BCUT2D eigenvalue weighted by Gasteiger charge is -2.13. The van der Waals surface area contributed by atoms with Crippen LogP contribution in [0, 0.1) is 20.8 Å². The van der Waals surface area contributed by atoms with E-state index in [1.165, 1.54) is 12.7 Å². The van der Waals surface area contributed by atoms with Crippen LogP contribution in [0.1, 0.15) is 27.2 Å². The number of ether oxygens (including phenoxy) is 2. The third kappa shape index (κ3) is 4.63. The second-order valence-electron chi connectivity index (χ2n) is 6.72. The summed E-state index contributed by atoms with van der Waals surface area (Å²) in [6.07, 6.45) is 0. The maximum Gasteiger partial charge on any atom is 0.276 e. The van der Waals surface area contributed by atoms with Crippen LogP contribution in [0.15, 0.2) is 42.5 Å². The number of aromatic nitrogens is 2. The number of anilines is 3. The van der Waals surface area contributed by atoms with Gasteiger partial charge in [0.1, 0.15) is 11.5 Å². The van der Waals surface area contributed by atoms with Gasteiger partial charge in [0.2, 0.25) is 0 Å². The average molecular weight is 392 g/mol. The van der Waals surface area contributed by atoms with Gasteiger partial charge in [-0.25, -0.2) is 0 Å². The van der Waals surface area contributed by atoms with Gasteiger partial charge in [-0.3, -0.25) is 4.79 Å². The van der Waals surface area contributed by atoms with Crippen molar-refractivity contribution in [1.29, 1.82) is 0 Å². The molecule has 0 spiro atoms. The number of carbonyl (C=O) groups excluding carboxylic acids is 1. The smallest absolute Gasteiger partial charge is 0.276 e. The summed E-state index contributed by atoms with van der Waals surface area (Å²) < 4.78 is 10.5. The standard InChI is InChI=1S/C22H24N4O3/c1-13-10-14(2)21(15(3)11-13)24-20-9-8-18(25-26-20)22(27)23-17-7-6-16(28-4)12-19(17)29-5/h6-12H,1-5H3,(H,23,27)(H,24,26). The van der Waals surface area contributed by atoms with Crippen LogP contribution in [-0.2, 0) is 0 Å². The molecule has 3 rings (SSSR count). The first kappa shape index (κ1) is 20.1. The first-order valence-corrected chi connectivity index (χ1v) is 9.13. The second-order valence-corrected chi connectivity index (χ2v) is 6.72. The van der Waals surface area contributed by atoms with Crippen LogP contribution in [0.25, 0.3) is 0 Å². The molecule has 0 saturated carbocycles. The van der Waals surface area contributed by atoms with E-state index in [0.29, 0.717) is 23.0 Å². The summed E-state index contributed by atoms with van der Waals surface area (Å²) in [6, 6.07) is 12.7. The van der Waals surface area contributed by atoms with E-state index in [2.05, 4.69) is 39.9 Å². The van der Waals surface area contributed by atoms with Gasteiger partial charge in [0.15, 0.2) is 11.5 Å². The normalized spacial score (nSPS) is 10.4. The topological polar surface area (TPSA) is 85.4 Å². The van der Waals surface area contributed by atoms with Gasteiger partial charge in [-0.15, -0.1) is 10.2 Å². The molecule has 1 heterocycles. The monoisotopic (exact) mass is 392 g/mol. The zero-order valence-corrected chi connectivity index (χ0v) is 17.2. The van der Waals surface area contributed by atoms with E-state index in [1.54, 1.807) is 37.4 Å². The van der Waals surface area contributed by atoms with Gasteiger partial charge in [0, 0.05) is 11.8 Å². The Hall–Kier alpha value is -3.61. The minimum absolute atomic E-state index is 0.200. The van der Waals surface area contributed by atoms with Gasteiger partial charge in [-0.05, 0) is 56.2 Å². The van der Waals surface area contributed by atoms with Crippen LogP contribution in [-0.4, -0.2) is 30.3 Å². The molecule has 0 unspecified atom stereocenters. The van der Waals surface area contributed by atoms with Crippen molar-refractivity contribution >= 4 is 23.1 Å². The second kappa shape index (κ2) is 8.60. The molecule has 0 aliphatic carbocycles. The SMILES string of the molecule is COc1ccc(NC(=O)c2ccc(Nc3c(C)cc(C)cc3C)nn2)c(OC)c1. The molecule has 150 valence electrons. The lowest BCUT2D eigenvalue weighted by Crippen LogP contribution is -2.15. The van der Waals surface area contributed by atoms with Crippen molar-refractivity contribution in [2.45, 2.75) is 20.8 Å². The Kier molecular flexibility index (Phi) is 5.97. The van der Waals surface area contributed by atoms with Gasteiger partial charge in [0.25, 0.3) is 5.91 Å². The van der Waals surface area contributed by atoms with Crippen molar-refractivity contribution in [3.63, 3.8) is 0 Å². The van der Waals surface area contributed by atoms with E-state index in [-0.39, 0.29) is 11.6 Å². The van der Waals surface area contributed by atoms with Crippen LogP contribution >= 0.6 is 0 Å². The quantitative estimate of drug-likeness (QED) is 0.646. The van der Waals surface area contributed by atoms with Crippen molar-refractivity contribution < 1.29 is 14.3 Å². The maximum atomic E-state index is 12.5. The summed E-state index contributed by atoms with van der Waals surface area (Å²) in [5.41, 5.74) is 5.16. The predicted octanol–water partition coefficient (Wildman–Crippen LogP) is 4.41. The predicted molar refractivity (Wildman–Crippen MR) is 113 cm³/mol. The zero-order chi connectivity index (χ0) is 21.0. The van der Waals surface area contributed by atoms with Crippen LogP contribution in [0.5, 0.6) is 11.5 Å². The lowest BCUT2D eigenvalue weighted by atomic mass is 10.1. The Morgan fingerprint density at radius 2 is 1.62 bits per heavy atom. The molecule has 2 aromatic carbocycles. The fourth-order valence-corrected chi connectivity index (χ4v) is 3.11. The van der Waals surface area contributed by atoms with Crippen molar-refractivity contribution in [2.75, 3.05) is 24.9 Å². The molecule has 2 N–H and O–H groups in total. The maximum absolute atomic E-state index is 12.5. The summed E-state index contributed by atoms with van der Waals surface area (Å²) in [5.74, 6) is 1.32. The highest BCUT2D eigenvalue weighted by molar-refractivity contribution is 6.03. The molecule has 0 bridgehead atoms. The molecule has 29 heavy (non-hydrogen) atoms. The number of benzene rings is 2. The third-order valence-electron chi connectivity index (χ3n) is 4.48. The Balaban J connectivity index is 1.74. The minimum Gasteiger partial charge on any atom is -0.497 e. The average Bonchev–Trinajstić information content (AvgIpc) is 2.71. The van der Waals surface area contributed by atoms with Gasteiger partial charge < -0.3 is 20.1 Å². The fraction of sp³-hybridized carbons (Fsp3) is 0.227. The number of hydrogen-bond donors (Lipinski definition) is 2.